The van der Waals surface area contributed by atoms with E-state index in [1.807, 2.05) is 69.3 Å². The van der Waals surface area contributed by atoms with Crippen LogP contribution in [0.2, 0.25) is 10.0 Å². The Bertz CT molecular complexity index is 1290. The monoisotopic (exact) mass is 632 g/mol. The minimum atomic E-state index is -0.804. The Morgan fingerprint density at radius 1 is 1.00 bits per heavy atom. The Balaban J connectivity index is 1.96. The number of benzene rings is 3. The van der Waals surface area contributed by atoms with Crippen molar-refractivity contribution in [3.05, 3.63) is 97.9 Å². The summed E-state index contributed by atoms with van der Waals surface area (Å²) in [7, 11) is 0. The van der Waals surface area contributed by atoms with Gasteiger partial charge in [0, 0.05) is 28.5 Å². The standard InChI is InChI=1S/C31H35BrCl2N2O3/c1-20(2)22-12-14-28(25(32)16-22)39-19-29(37)36(18-23-11-13-24(33)17-26(23)34)27(30(38)35-31(3,4)5)15-21-9-7-6-8-10-21/h6-14,16-17,20,27H,15,18-19H2,1-5H3,(H,35,38)/t27-/m1/s1. The van der Waals surface area contributed by atoms with E-state index in [9.17, 15) is 9.59 Å². The molecule has 208 valence electrons. The van der Waals surface area contributed by atoms with Gasteiger partial charge in [0.25, 0.3) is 5.91 Å². The van der Waals surface area contributed by atoms with Crippen molar-refractivity contribution >= 4 is 50.9 Å². The second kappa shape index (κ2) is 13.7. The van der Waals surface area contributed by atoms with Crippen molar-refractivity contribution in [1.29, 1.82) is 0 Å². The fraction of sp³-hybridized carbons (Fsp3) is 0.355. The summed E-state index contributed by atoms with van der Waals surface area (Å²) in [5, 5.41) is 3.96. The molecule has 0 unspecified atom stereocenters. The maximum atomic E-state index is 13.8. The number of amides is 2. The molecule has 1 N–H and O–H groups in total. The quantitative estimate of drug-likeness (QED) is 0.248. The minimum absolute atomic E-state index is 0.112. The molecule has 0 bridgehead atoms. The third kappa shape index (κ3) is 9.26. The Kier molecular flexibility index (Phi) is 10.9. The lowest BCUT2D eigenvalue weighted by Gasteiger charge is -2.34. The number of carbonyl (C=O) groups excluding carboxylic acids is 2. The van der Waals surface area contributed by atoms with E-state index < -0.39 is 11.6 Å². The van der Waals surface area contributed by atoms with E-state index in [0.717, 1.165) is 15.6 Å². The Morgan fingerprint density at radius 3 is 2.28 bits per heavy atom. The molecule has 8 heteroatoms. The molecule has 2 amide bonds. The van der Waals surface area contributed by atoms with Crippen LogP contribution in [0.4, 0.5) is 0 Å². The minimum Gasteiger partial charge on any atom is -0.483 e. The van der Waals surface area contributed by atoms with Crippen LogP contribution in [-0.2, 0) is 22.6 Å². The van der Waals surface area contributed by atoms with Crippen molar-refractivity contribution in [2.45, 2.75) is 65.1 Å². The van der Waals surface area contributed by atoms with Crippen molar-refractivity contribution in [2.24, 2.45) is 0 Å². The Labute approximate surface area is 250 Å². The number of rotatable bonds is 10. The summed E-state index contributed by atoms with van der Waals surface area (Å²) in [4.78, 5) is 29.0. The largest absolute Gasteiger partial charge is 0.483 e. The highest BCUT2D eigenvalue weighted by molar-refractivity contribution is 9.10. The van der Waals surface area contributed by atoms with Crippen LogP contribution >= 0.6 is 39.1 Å². The molecule has 0 saturated carbocycles. The maximum Gasteiger partial charge on any atom is 0.261 e. The zero-order valence-corrected chi connectivity index (χ0v) is 26.0. The molecule has 5 nitrogen and oxygen atoms in total. The van der Waals surface area contributed by atoms with E-state index in [1.54, 1.807) is 23.1 Å². The van der Waals surface area contributed by atoms with Crippen LogP contribution in [0.25, 0.3) is 0 Å². The fourth-order valence-corrected chi connectivity index (χ4v) is 5.04. The first kappa shape index (κ1) is 31.0. The number of nitrogens with one attached hydrogen (secondary N) is 1. The first-order chi connectivity index (χ1) is 18.3. The van der Waals surface area contributed by atoms with Crippen molar-refractivity contribution in [2.75, 3.05) is 6.61 Å². The van der Waals surface area contributed by atoms with Crippen LogP contribution in [0, 0.1) is 0 Å². The van der Waals surface area contributed by atoms with Gasteiger partial charge in [-0.1, -0.05) is 79.5 Å². The Morgan fingerprint density at radius 2 is 1.69 bits per heavy atom. The molecule has 3 aromatic rings. The smallest absolute Gasteiger partial charge is 0.261 e. The number of hydrogen-bond acceptors (Lipinski definition) is 3. The SMILES string of the molecule is CC(C)c1ccc(OCC(=O)N(Cc2ccc(Cl)cc2Cl)[C@H](Cc2ccccc2)C(=O)NC(C)(C)C)c(Br)c1. The van der Waals surface area contributed by atoms with Crippen LogP contribution in [0.3, 0.4) is 0 Å². The second-order valence-corrected chi connectivity index (χ2v) is 12.5. The molecule has 0 spiro atoms. The van der Waals surface area contributed by atoms with Crippen LogP contribution in [-0.4, -0.2) is 34.9 Å². The van der Waals surface area contributed by atoms with E-state index in [4.69, 9.17) is 27.9 Å². The average molecular weight is 634 g/mol. The van der Waals surface area contributed by atoms with Crippen molar-refractivity contribution in [3.63, 3.8) is 0 Å². The van der Waals surface area contributed by atoms with E-state index in [1.165, 1.54) is 0 Å². The summed E-state index contributed by atoms with van der Waals surface area (Å²) in [6, 6.07) is 19.8. The van der Waals surface area contributed by atoms with Gasteiger partial charge in [0.2, 0.25) is 5.91 Å². The first-order valence-corrected chi connectivity index (χ1v) is 14.4. The molecule has 3 aromatic carbocycles. The van der Waals surface area contributed by atoms with E-state index >= 15 is 0 Å². The normalized spacial score (nSPS) is 12.2. The van der Waals surface area contributed by atoms with Crippen LogP contribution in [0.5, 0.6) is 5.75 Å². The second-order valence-electron chi connectivity index (χ2n) is 10.8. The lowest BCUT2D eigenvalue weighted by atomic mass is 10.0. The molecule has 0 heterocycles. The topological polar surface area (TPSA) is 58.6 Å². The summed E-state index contributed by atoms with van der Waals surface area (Å²) in [5.74, 6) is 0.311. The van der Waals surface area contributed by atoms with Crippen molar-refractivity contribution in [3.8, 4) is 5.75 Å². The molecule has 0 aromatic heterocycles. The average Bonchev–Trinajstić information content (AvgIpc) is 2.85. The molecule has 3 rings (SSSR count). The highest BCUT2D eigenvalue weighted by Crippen LogP contribution is 2.29. The molecule has 0 fully saturated rings. The molecular formula is C31H35BrCl2N2O3. The van der Waals surface area contributed by atoms with E-state index in [-0.39, 0.29) is 25.0 Å². The van der Waals surface area contributed by atoms with Gasteiger partial charge >= 0.3 is 0 Å². The van der Waals surface area contributed by atoms with Gasteiger partial charge in [-0.2, -0.15) is 0 Å². The van der Waals surface area contributed by atoms with Crippen LogP contribution in [0.1, 0.15) is 57.2 Å². The fourth-order valence-electron chi connectivity index (χ4n) is 4.06. The molecule has 1 atom stereocenters. The number of carbonyl (C=O) groups is 2. The summed E-state index contributed by atoms with van der Waals surface area (Å²) in [6.45, 7) is 9.82. The summed E-state index contributed by atoms with van der Waals surface area (Å²) >= 11 is 16.2. The molecule has 0 saturated heterocycles. The zero-order valence-electron chi connectivity index (χ0n) is 22.9. The highest BCUT2D eigenvalue weighted by atomic mass is 79.9. The van der Waals surface area contributed by atoms with Crippen molar-refractivity contribution < 1.29 is 14.3 Å². The zero-order chi connectivity index (χ0) is 28.7. The van der Waals surface area contributed by atoms with Gasteiger partial charge in [-0.25, -0.2) is 0 Å². The van der Waals surface area contributed by atoms with Gasteiger partial charge < -0.3 is 15.0 Å². The predicted molar refractivity (Wildman–Crippen MR) is 163 cm³/mol. The van der Waals surface area contributed by atoms with Gasteiger partial charge in [-0.05, 0) is 83.6 Å². The number of hydrogen-bond donors (Lipinski definition) is 1. The molecule has 0 aliphatic carbocycles. The van der Waals surface area contributed by atoms with E-state index in [0.29, 0.717) is 33.7 Å². The highest BCUT2D eigenvalue weighted by Gasteiger charge is 2.33. The van der Waals surface area contributed by atoms with Gasteiger partial charge in [0.05, 0.1) is 4.47 Å². The van der Waals surface area contributed by atoms with E-state index in [2.05, 4.69) is 35.1 Å². The predicted octanol–water partition coefficient (Wildman–Crippen LogP) is 7.81. The number of halogens is 3. The number of ether oxygens (including phenoxy) is 1. The van der Waals surface area contributed by atoms with Gasteiger partial charge in [-0.15, -0.1) is 0 Å². The maximum absolute atomic E-state index is 13.8. The molecule has 39 heavy (non-hydrogen) atoms. The lowest BCUT2D eigenvalue weighted by Crippen LogP contribution is -2.55. The molecule has 0 aliphatic heterocycles. The first-order valence-electron chi connectivity index (χ1n) is 12.9. The molecule has 0 radical (unpaired) electrons. The lowest BCUT2D eigenvalue weighted by molar-refractivity contribution is -0.143. The number of nitrogens with zero attached hydrogens (tertiary/aromatic N) is 1. The van der Waals surface area contributed by atoms with Gasteiger partial charge in [-0.3, -0.25) is 9.59 Å². The van der Waals surface area contributed by atoms with Crippen molar-refractivity contribution in [1.82, 2.24) is 10.2 Å². The molecular weight excluding hydrogens is 599 g/mol. The summed E-state index contributed by atoms with van der Waals surface area (Å²) in [6.07, 6.45) is 0.326. The summed E-state index contributed by atoms with van der Waals surface area (Å²) < 4.78 is 6.72. The third-order valence-electron chi connectivity index (χ3n) is 6.10. The van der Waals surface area contributed by atoms with Crippen LogP contribution < -0.4 is 10.1 Å². The Hall–Kier alpha value is -2.54. The summed E-state index contributed by atoms with van der Waals surface area (Å²) in [5.41, 5.74) is 2.28. The third-order valence-corrected chi connectivity index (χ3v) is 7.31. The van der Waals surface area contributed by atoms with Gasteiger partial charge in [0.15, 0.2) is 6.61 Å². The van der Waals surface area contributed by atoms with Crippen LogP contribution in [0.15, 0.2) is 71.2 Å². The van der Waals surface area contributed by atoms with Gasteiger partial charge in [0.1, 0.15) is 11.8 Å². The molecule has 0 aliphatic rings.